The quantitative estimate of drug-likeness (QED) is 0.152. The van der Waals surface area contributed by atoms with Gasteiger partial charge in [0.15, 0.2) is 0 Å². The molecule has 9 aromatic carbocycles. The summed E-state index contributed by atoms with van der Waals surface area (Å²) in [5.74, 6) is 0. The number of hydrogen-bond acceptors (Lipinski definition) is 5. The molecule has 0 saturated heterocycles. The molecule has 0 aliphatic rings. The van der Waals surface area contributed by atoms with E-state index >= 15 is 0 Å². The smallest absolute Gasteiger partial charge is 0.135 e. The van der Waals surface area contributed by atoms with Gasteiger partial charge in [-0.1, -0.05) is 121 Å². The third-order valence-electron chi connectivity index (χ3n) is 13.1. The van der Waals surface area contributed by atoms with Crippen molar-refractivity contribution in [1.82, 2.24) is 9.13 Å². The van der Waals surface area contributed by atoms with Crippen LogP contribution in [0.15, 0.2) is 235 Å². The van der Waals surface area contributed by atoms with Gasteiger partial charge in [-0.2, -0.15) is 0 Å². The van der Waals surface area contributed by atoms with Crippen LogP contribution in [0, 0.1) is 0 Å². The molecule has 0 atom stereocenters. The van der Waals surface area contributed by atoms with Gasteiger partial charge in [-0.3, -0.25) is 0 Å². The first-order chi connectivity index (χ1) is 33.2. The number of hydrogen-bond donors (Lipinski definition) is 0. The van der Waals surface area contributed by atoms with E-state index in [0.29, 0.717) is 0 Å². The summed E-state index contributed by atoms with van der Waals surface area (Å²) in [6.07, 6.45) is 0. The predicted molar refractivity (Wildman–Crippen MR) is 285 cm³/mol. The summed E-state index contributed by atoms with van der Waals surface area (Å²) in [4.78, 5) is 4.80. The highest BCUT2D eigenvalue weighted by Gasteiger charge is 2.26. The zero-order valence-corrected chi connectivity index (χ0v) is 37.6. The van der Waals surface area contributed by atoms with E-state index in [1.54, 1.807) is 0 Å². The summed E-state index contributed by atoms with van der Waals surface area (Å²) in [5, 5.41) is 9.36. The van der Waals surface area contributed by atoms with E-state index in [4.69, 9.17) is 4.42 Å². The van der Waals surface area contributed by atoms with Crippen molar-refractivity contribution in [1.29, 1.82) is 0 Å². The number of aromatic nitrogens is 2. The van der Waals surface area contributed by atoms with Crippen LogP contribution >= 0.6 is 22.7 Å². The largest absolute Gasteiger partial charge is 0.456 e. The third kappa shape index (κ3) is 6.06. The Kier molecular flexibility index (Phi) is 8.56. The molecule has 0 spiro atoms. The molecule has 0 saturated carbocycles. The Labute approximate surface area is 393 Å². The van der Waals surface area contributed by atoms with Crippen molar-refractivity contribution < 1.29 is 4.42 Å². The fourth-order valence-corrected chi connectivity index (χ4v) is 12.5. The van der Waals surface area contributed by atoms with Crippen LogP contribution in [-0.2, 0) is 0 Å². The highest BCUT2D eigenvalue weighted by Crippen LogP contribution is 2.51. The second kappa shape index (κ2) is 15.1. The molecule has 14 aromatic rings. The maximum Gasteiger partial charge on any atom is 0.135 e. The number of thiophene rings is 2. The van der Waals surface area contributed by atoms with Gasteiger partial charge in [-0.05, 0) is 120 Å². The molecule has 0 aliphatic carbocycles. The average Bonchev–Trinajstić information content (AvgIpc) is 4.20. The van der Waals surface area contributed by atoms with Crippen molar-refractivity contribution in [2.75, 3.05) is 9.80 Å². The molecule has 67 heavy (non-hydrogen) atoms. The predicted octanol–water partition coefficient (Wildman–Crippen LogP) is 18.0. The van der Waals surface area contributed by atoms with E-state index < -0.39 is 0 Å². The van der Waals surface area contributed by atoms with Crippen LogP contribution in [0.3, 0.4) is 0 Å². The molecule has 0 aliphatic heterocycles. The Morgan fingerprint density at radius 3 is 1.37 bits per heavy atom. The Bertz CT molecular complexity index is 4130. The summed E-state index contributed by atoms with van der Waals surface area (Å²) in [6.45, 7) is 0. The van der Waals surface area contributed by atoms with E-state index in [1.165, 1.54) is 53.0 Å². The highest BCUT2D eigenvalue weighted by molar-refractivity contribution is 7.24. The molecule has 14 rings (SSSR count). The molecule has 0 unspecified atom stereocenters. The van der Waals surface area contributed by atoms with E-state index in [-0.39, 0.29) is 0 Å². The fraction of sp³-hybridized carbons (Fsp3) is 0. The molecule has 5 heterocycles. The van der Waals surface area contributed by atoms with Gasteiger partial charge < -0.3 is 23.4 Å². The molecule has 0 bridgehead atoms. The lowest BCUT2D eigenvalue weighted by atomic mass is 10.1. The van der Waals surface area contributed by atoms with Crippen molar-refractivity contribution in [3.63, 3.8) is 0 Å². The zero-order valence-electron chi connectivity index (χ0n) is 36.0. The summed E-state index contributed by atoms with van der Waals surface area (Å²) in [6, 6.07) is 83.1. The van der Waals surface area contributed by atoms with Crippen LogP contribution in [0.2, 0.25) is 0 Å². The summed E-state index contributed by atoms with van der Waals surface area (Å²) in [5.41, 5.74) is 13.2. The molecule has 316 valence electrons. The Balaban J connectivity index is 1.03. The van der Waals surface area contributed by atoms with Crippen LogP contribution in [0.25, 0.3) is 86.3 Å². The van der Waals surface area contributed by atoms with Crippen molar-refractivity contribution >= 4 is 130 Å². The molecular weight excluding hydrogens is 857 g/mol. The molecule has 7 heteroatoms. The van der Waals surface area contributed by atoms with Crippen LogP contribution in [0.5, 0.6) is 0 Å². The molecule has 5 aromatic heterocycles. The minimum Gasteiger partial charge on any atom is -0.456 e. The van der Waals surface area contributed by atoms with Crippen molar-refractivity contribution in [3.05, 3.63) is 231 Å². The van der Waals surface area contributed by atoms with Crippen molar-refractivity contribution in [2.45, 2.75) is 0 Å². The first kappa shape index (κ1) is 38.0. The van der Waals surface area contributed by atoms with Gasteiger partial charge in [0.25, 0.3) is 0 Å². The highest BCUT2D eigenvalue weighted by atomic mass is 32.1. The molecule has 0 radical (unpaired) electrons. The van der Waals surface area contributed by atoms with E-state index in [1.807, 2.05) is 34.8 Å². The van der Waals surface area contributed by atoms with E-state index in [9.17, 15) is 0 Å². The Morgan fingerprint density at radius 1 is 0.313 bits per heavy atom. The van der Waals surface area contributed by atoms with E-state index in [2.05, 4.69) is 237 Å². The number of para-hydroxylation sites is 5. The molecule has 5 nitrogen and oxygen atoms in total. The number of benzene rings is 9. The van der Waals surface area contributed by atoms with Gasteiger partial charge in [-0.25, -0.2) is 0 Å². The lowest BCUT2D eigenvalue weighted by molar-refractivity contribution is 0.669. The summed E-state index contributed by atoms with van der Waals surface area (Å²) >= 11 is 3.69. The third-order valence-corrected chi connectivity index (χ3v) is 15.4. The van der Waals surface area contributed by atoms with Gasteiger partial charge in [0.2, 0.25) is 0 Å². The minimum absolute atomic E-state index is 0.881. The van der Waals surface area contributed by atoms with Gasteiger partial charge in [0, 0.05) is 55.7 Å². The van der Waals surface area contributed by atoms with Crippen LogP contribution in [-0.4, -0.2) is 9.13 Å². The number of furan rings is 1. The van der Waals surface area contributed by atoms with Crippen molar-refractivity contribution in [3.8, 4) is 11.4 Å². The number of nitrogens with zero attached hydrogens (tertiary/aromatic N) is 4. The number of rotatable bonds is 8. The number of anilines is 6. The minimum atomic E-state index is 0.881. The topological polar surface area (TPSA) is 29.5 Å². The Morgan fingerprint density at radius 2 is 0.776 bits per heavy atom. The zero-order chi connectivity index (χ0) is 44.0. The van der Waals surface area contributed by atoms with Crippen LogP contribution < -0.4 is 9.80 Å². The second-order valence-corrected chi connectivity index (χ2v) is 19.0. The maximum absolute atomic E-state index is 6.33. The van der Waals surface area contributed by atoms with Gasteiger partial charge in [-0.15, -0.1) is 22.7 Å². The van der Waals surface area contributed by atoms with Gasteiger partial charge >= 0.3 is 0 Å². The van der Waals surface area contributed by atoms with Crippen LogP contribution in [0.1, 0.15) is 0 Å². The first-order valence-electron chi connectivity index (χ1n) is 22.5. The summed E-state index contributed by atoms with van der Waals surface area (Å²) < 4.78 is 13.8. The van der Waals surface area contributed by atoms with Gasteiger partial charge in [0.1, 0.15) is 21.2 Å². The monoisotopic (exact) mass is 894 g/mol. The maximum atomic E-state index is 6.33. The fourth-order valence-electron chi connectivity index (χ4n) is 10.1. The molecule has 0 N–H and O–H groups in total. The Hall–Kier alpha value is -8.36. The van der Waals surface area contributed by atoms with E-state index in [0.717, 1.165) is 66.1 Å². The van der Waals surface area contributed by atoms with Crippen LogP contribution in [0.4, 0.5) is 32.8 Å². The first-order valence-corrected chi connectivity index (χ1v) is 24.1. The second-order valence-electron chi connectivity index (χ2n) is 17.0. The normalized spacial score (nSPS) is 11.9. The molecule has 0 amide bonds. The van der Waals surface area contributed by atoms with Crippen molar-refractivity contribution in [2.24, 2.45) is 0 Å². The lowest BCUT2D eigenvalue weighted by Crippen LogP contribution is -2.08. The standard InChI is InChI=1S/C60H38N4OS2/c1-5-19-41(20-6-1)61(42-21-7-2-8-22-42)57-37-53-59(66-57)49-35-52-50(36-51(49)63(53)43-23-9-3-10-24-43)60-54(64(52)44-25-11-4-12-26-44)38-58(67-60)62(45-30-29-39-17-13-14-18-40(39)33-45)46-31-32-56-48(34-46)47-27-15-16-28-55(47)65-56/h1-38H. The molecule has 0 fully saturated rings. The number of fused-ring (bicyclic) bond motifs is 10. The SMILES string of the molecule is c1ccc(N(c2ccccc2)c2cc3c(s2)c2cc4c(cc2n3-c2ccccc2)c2sc(N(c3ccc5ccccc5c3)c3ccc5oc6ccccc6c5c3)cc2n4-c2ccccc2)cc1. The van der Waals surface area contributed by atoms with Gasteiger partial charge in [0.05, 0.1) is 31.5 Å². The lowest BCUT2D eigenvalue weighted by Gasteiger charge is -2.24. The molecular formula is C60H38N4OS2. The summed E-state index contributed by atoms with van der Waals surface area (Å²) in [7, 11) is 0. The average molecular weight is 895 g/mol.